The van der Waals surface area contributed by atoms with Gasteiger partial charge in [0.2, 0.25) is 0 Å². The maximum atomic E-state index is 11.8. The number of hydrogen-bond donors (Lipinski definition) is 0. The van der Waals surface area contributed by atoms with Crippen LogP contribution in [0.5, 0.6) is 5.75 Å². The third-order valence-corrected chi connectivity index (χ3v) is 2.29. The van der Waals surface area contributed by atoms with E-state index in [9.17, 15) is 9.59 Å². The Kier molecular flexibility index (Phi) is 4.69. The summed E-state index contributed by atoms with van der Waals surface area (Å²) in [5.74, 6) is -0.849. The van der Waals surface area contributed by atoms with Gasteiger partial charge >= 0.3 is 5.97 Å². The first-order valence-electron chi connectivity index (χ1n) is 5.55. The fourth-order valence-electron chi connectivity index (χ4n) is 1.48. The maximum Gasteiger partial charge on any atom is 0.379 e. The molecular weight excluding hydrogens is 220 g/mol. The Morgan fingerprint density at radius 3 is 2.47 bits per heavy atom. The van der Waals surface area contributed by atoms with Gasteiger partial charge in [0, 0.05) is 11.1 Å². The lowest BCUT2D eigenvalue weighted by atomic mass is 10.0. The summed E-state index contributed by atoms with van der Waals surface area (Å²) in [5, 5.41) is 0. The van der Waals surface area contributed by atoms with Crippen molar-refractivity contribution in [2.45, 2.75) is 20.8 Å². The van der Waals surface area contributed by atoms with E-state index in [-0.39, 0.29) is 6.61 Å². The van der Waals surface area contributed by atoms with Crippen molar-refractivity contribution in [2.75, 3.05) is 13.2 Å². The molecule has 0 heterocycles. The third kappa shape index (κ3) is 3.06. The molecule has 0 amide bonds. The molecule has 0 radical (unpaired) electrons. The van der Waals surface area contributed by atoms with Crippen molar-refractivity contribution in [2.24, 2.45) is 0 Å². The van der Waals surface area contributed by atoms with Crippen LogP contribution in [0.15, 0.2) is 18.2 Å². The molecule has 1 rings (SSSR count). The Balaban J connectivity index is 3.02. The smallest absolute Gasteiger partial charge is 0.379 e. The Morgan fingerprint density at radius 2 is 1.88 bits per heavy atom. The van der Waals surface area contributed by atoms with E-state index < -0.39 is 11.8 Å². The van der Waals surface area contributed by atoms with Crippen LogP contribution in [0, 0.1) is 6.92 Å². The topological polar surface area (TPSA) is 52.6 Å². The SMILES string of the molecule is CCOC(=O)C(=O)c1cccc(OCC)c1C. The Morgan fingerprint density at radius 1 is 1.18 bits per heavy atom. The van der Waals surface area contributed by atoms with Crippen molar-refractivity contribution >= 4 is 11.8 Å². The van der Waals surface area contributed by atoms with Gasteiger partial charge in [-0.3, -0.25) is 4.79 Å². The molecule has 4 heteroatoms. The number of hydrogen-bond acceptors (Lipinski definition) is 4. The zero-order valence-electron chi connectivity index (χ0n) is 10.3. The summed E-state index contributed by atoms with van der Waals surface area (Å²) in [4.78, 5) is 23.1. The molecule has 0 atom stereocenters. The minimum Gasteiger partial charge on any atom is -0.494 e. The molecule has 1 aromatic rings. The number of carbonyl (C=O) groups excluding carboxylic acids is 2. The molecule has 92 valence electrons. The molecule has 17 heavy (non-hydrogen) atoms. The molecule has 0 unspecified atom stereocenters. The van der Waals surface area contributed by atoms with Crippen LogP contribution in [0.25, 0.3) is 0 Å². The second-order valence-corrected chi connectivity index (χ2v) is 3.41. The van der Waals surface area contributed by atoms with E-state index in [4.69, 9.17) is 4.74 Å². The van der Waals surface area contributed by atoms with E-state index in [1.807, 2.05) is 6.92 Å². The van der Waals surface area contributed by atoms with Gasteiger partial charge in [-0.05, 0) is 26.8 Å². The van der Waals surface area contributed by atoms with Gasteiger partial charge in [0.25, 0.3) is 5.78 Å². The summed E-state index contributed by atoms with van der Waals surface area (Å²) in [6.07, 6.45) is 0. The van der Waals surface area contributed by atoms with Crippen LogP contribution < -0.4 is 4.74 Å². The van der Waals surface area contributed by atoms with Crippen LogP contribution in [0.4, 0.5) is 0 Å². The number of carbonyl (C=O) groups is 2. The molecule has 0 aliphatic carbocycles. The summed E-state index contributed by atoms with van der Waals surface area (Å²) in [6, 6.07) is 5.04. The van der Waals surface area contributed by atoms with Crippen LogP contribution in [0.3, 0.4) is 0 Å². The van der Waals surface area contributed by atoms with E-state index in [1.54, 1.807) is 32.0 Å². The molecule has 1 aromatic carbocycles. The first-order valence-corrected chi connectivity index (χ1v) is 5.55. The lowest BCUT2D eigenvalue weighted by molar-refractivity contribution is -0.137. The average Bonchev–Trinajstić information content (AvgIpc) is 2.31. The first-order chi connectivity index (χ1) is 8.11. The Labute approximate surface area is 101 Å². The predicted octanol–water partition coefficient (Wildman–Crippen LogP) is 2.14. The molecule has 4 nitrogen and oxygen atoms in total. The summed E-state index contributed by atoms with van der Waals surface area (Å²) in [6.45, 7) is 5.97. The zero-order chi connectivity index (χ0) is 12.8. The molecule has 0 aliphatic rings. The van der Waals surface area contributed by atoms with Gasteiger partial charge in [0.05, 0.1) is 13.2 Å². The summed E-state index contributed by atoms with van der Waals surface area (Å²) in [5.41, 5.74) is 0.988. The second-order valence-electron chi connectivity index (χ2n) is 3.41. The summed E-state index contributed by atoms with van der Waals surface area (Å²) >= 11 is 0. The quantitative estimate of drug-likeness (QED) is 0.446. The highest BCUT2D eigenvalue weighted by atomic mass is 16.5. The highest BCUT2D eigenvalue weighted by Gasteiger charge is 2.20. The number of ether oxygens (including phenoxy) is 2. The van der Waals surface area contributed by atoms with Crippen LogP contribution in [-0.2, 0) is 9.53 Å². The second kappa shape index (κ2) is 6.03. The zero-order valence-corrected chi connectivity index (χ0v) is 10.3. The number of esters is 1. The highest BCUT2D eigenvalue weighted by molar-refractivity contribution is 6.41. The molecule has 0 saturated carbocycles. The minimum atomic E-state index is -0.829. The predicted molar refractivity (Wildman–Crippen MR) is 63.3 cm³/mol. The van der Waals surface area contributed by atoms with Gasteiger partial charge in [-0.2, -0.15) is 0 Å². The fraction of sp³-hybridized carbons (Fsp3) is 0.385. The standard InChI is InChI=1S/C13H16O4/c1-4-16-11-8-6-7-10(9(11)3)12(14)13(15)17-5-2/h6-8H,4-5H2,1-3H3. The van der Waals surface area contributed by atoms with E-state index in [0.717, 1.165) is 0 Å². The Bertz CT molecular complexity index is 423. The average molecular weight is 236 g/mol. The Hall–Kier alpha value is -1.84. The number of Topliss-reactive ketones (excluding diaryl/α,β-unsaturated/α-hetero) is 1. The first kappa shape index (κ1) is 13.2. The lowest BCUT2D eigenvalue weighted by Gasteiger charge is -2.10. The van der Waals surface area contributed by atoms with E-state index in [1.165, 1.54) is 0 Å². The molecule has 0 bridgehead atoms. The van der Waals surface area contributed by atoms with E-state index in [2.05, 4.69) is 4.74 Å². The summed E-state index contributed by atoms with van der Waals surface area (Å²) in [7, 11) is 0. The number of rotatable bonds is 5. The van der Waals surface area contributed by atoms with E-state index >= 15 is 0 Å². The van der Waals surface area contributed by atoms with Crippen molar-refractivity contribution in [1.82, 2.24) is 0 Å². The normalized spacial score (nSPS) is 9.82. The van der Waals surface area contributed by atoms with Crippen molar-refractivity contribution in [3.63, 3.8) is 0 Å². The molecule has 0 aliphatic heterocycles. The van der Waals surface area contributed by atoms with Crippen molar-refractivity contribution in [3.05, 3.63) is 29.3 Å². The van der Waals surface area contributed by atoms with E-state index in [0.29, 0.717) is 23.5 Å². The molecular formula is C13H16O4. The van der Waals surface area contributed by atoms with Gasteiger partial charge in [-0.25, -0.2) is 4.79 Å². The molecule has 0 saturated heterocycles. The molecule has 0 N–H and O–H groups in total. The largest absolute Gasteiger partial charge is 0.494 e. The van der Waals surface area contributed by atoms with Crippen molar-refractivity contribution in [1.29, 1.82) is 0 Å². The third-order valence-electron chi connectivity index (χ3n) is 2.29. The highest BCUT2D eigenvalue weighted by Crippen LogP contribution is 2.22. The van der Waals surface area contributed by atoms with Gasteiger partial charge < -0.3 is 9.47 Å². The van der Waals surface area contributed by atoms with Crippen molar-refractivity contribution in [3.8, 4) is 5.75 Å². The van der Waals surface area contributed by atoms with Crippen LogP contribution in [-0.4, -0.2) is 25.0 Å². The number of ketones is 1. The van der Waals surface area contributed by atoms with Gasteiger partial charge in [-0.1, -0.05) is 12.1 Å². The maximum absolute atomic E-state index is 11.8. The molecule has 0 spiro atoms. The monoisotopic (exact) mass is 236 g/mol. The van der Waals surface area contributed by atoms with Crippen LogP contribution in [0.2, 0.25) is 0 Å². The molecule has 0 aromatic heterocycles. The minimum absolute atomic E-state index is 0.189. The van der Waals surface area contributed by atoms with Crippen LogP contribution >= 0.6 is 0 Å². The lowest BCUT2D eigenvalue weighted by Crippen LogP contribution is -2.18. The number of benzene rings is 1. The molecule has 0 fully saturated rings. The van der Waals surface area contributed by atoms with Crippen molar-refractivity contribution < 1.29 is 19.1 Å². The summed E-state index contributed by atoms with van der Waals surface area (Å²) < 4.78 is 10.0. The van der Waals surface area contributed by atoms with Gasteiger partial charge in [0.15, 0.2) is 0 Å². The van der Waals surface area contributed by atoms with Gasteiger partial charge in [0.1, 0.15) is 5.75 Å². The fourth-order valence-corrected chi connectivity index (χ4v) is 1.48. The van der Waals surface area contributed by atoms with Crippen LogP contribution in [0.1, 0.15) is 29.8 Å². The van der Waals surface area contributed by atoms with Gasteiger partial charge in [-0.15, -0.1) is 0 Å².